The van der Waals surface area contributed by atoms with Gasteiger partial charge in [-0.3, -0.25) is 0 Å². The second-order valence-electron chi connectivity index (χ2n) is 3.03. The fourth-order valence-corrected chi connectivity index (χ4v) is 3.12. The van der Waals surface area contributed by atoms with Gasteiger partial charge in [0.1, 0.15) is 5.01 Å². The molecule has 1 unspecified atom stereocenters. The number of hydrogen-bond donors (Lipinski definition) is 1. The molecule has 4 nitrogen and oxygen atoms in total. The first-order chi connectivity index (χ1) is 6.55. The molecule has 1 N–H and O–H groups in total. The van der Waals surface area contributed by atoms with Gasteiger partial charge in [-0.2, -0.15) is 0 Å². The first kappa shape index (κ1) is 11.6. The van der Waals surface area contributed by atoms with Gasteiger partial charge in [0, 0.05) is 11.6 Å². The van der Waals surface area contributed by atoms with Crippen molar-refractivity contribution in [3.63, 3.8) is 0 Å². The summed E-state index contributed by atoms with van der Waals surface area (Å²) in [7, 11) is -3.14. The highest BCUT2D eigenvalue weighted by atomic mass is 32.2. The maximum absolute atomic E-state index is 11.4. The summed E-state index contributed by atoms with van der Waals surface area (Å²) in [5.41, 5.74) is 0. The van der Waals surface area contributed by atoms with E-state index in [1.165, 1.54) is 11.3 Å². The molecule has 1 rings (SSSR count). The fraction of sp³-hybridized carbons (Fsp3) is 0.625. The van der Waals surface area contributed by atoms with Gasteiger partial charge in [0.05, 0.1) is 11.8 Å². The van der Waals surface area contributed by atoms with E-state index in [4.69, 9.17) is 0 Å². The van der Waals surface area contributed by atoms with Gasteiger partial charge in [-0.05, 0) is 13.3 Å². The van der Waals surface area contributed by atoms with Crippen molar-refractivity contribution in [2.24, 2.45) is 0 Å². The Morgan fingerprint density at radius 2 is 2.36 bits per heavy atom. The largest absolute Gasteiger partial charge is 0.248 e. The molecule has 0 aliphatic rings. The van der Waals surface area contributed by atoms with Gasteiger partial charge in [-0.1, -0.05) is 6.92 Å². The molecule has 0 fully saturated rings. The summed E-state index contributed by atoms with van der Waals surface area (Å²) in [6, 6.07) is -0.230. The molecular formula is C8H14N2O2S2. The lowest BCUT2D eigenvalue weighted by Gasteiger charge is -2.10. The van der Waals surface area contributed by atoms with Crippen LogP contribution in [0.25, 0.3) is 0 Å². The van der Waals surface area contributed by atoms with E-state index in [0.29, 0.717) is 6.42 Å². The van der Waals surface area contributed by atoms with Crippen molar-refractivity contribution in [1.29, 1.82) is 0 Å². The van der Waals surface area contributed by atoms with Crippen molar-refractivity contribution in [1.82, 2.24) is 9.71 Å². The van der Waals surface area contributed by atoms with Gasteiger partial charge < -0.3 is 0 Å². The van der Waals surface area contributed by atoms with Gasteiger partial charge >= 0.3 is 0 Å². The molecule has 0 bridgehead atoms. The molecular weight excluding hydrogens is 220 g/mol. The quantitative estimate of drug-likeness (QED) is 0.840. The number of hydrogen-bond acceptors (Lipinski definition) is 4. The second-order valence-corrected chi connectivity index (χ2v) is 5.83. The highest BCUT2D eigenvalue weighted by Crippen LogP contribution is 2.15. The van der Waals surface area contributed by atoms with E-state index in [2.05, 4.69) is 9.71 Å². The maximum Gasteiger partial charge on any atom is 0.212 e. The first-order valence-electron chi connectivity index (χ1n) is 4.44. The maximum atomic E-state index is 11.4. The molecule has 0 aliphatic heterocycles. The molecule has 0 saturated heterocycles. The predicted molar refractivity (Wildman–Crippen MR) is 57.7 cm³/mol. The lowest BCUT2D eigenvalue weighted by Crippen LogP contribution is -2.28. The summed E-state index contributed by atoms with van der Waals surface area (Å²) in [4.78, 5) is 4.05. The van der Waals surface area contributed by atoms with E-state index < -0.39 is 10.0 Å². The van der Waals surface area contributed by atoms with E-state index in [9.17, 15) is 8.42 Å². The van der Waals surface area contributed by atoms with Gasteiger partial charge in [0.2, 0.25) is 10.0 Å². The van der Waals surface area contributed by atoms with Crippen LogP contribution >= 0.6 is 11.3 Å². The summed E-state index contributed by atoms with van der Waals surface area (Å²) >= 11 is 1.45. The van der Waals surface area contributed by atoms with E-state index in [0.717, 1.165) is 5.01 Å². The summed E-state index contributed by atoms with van der Waals surface area (Å²) < 4.78 is 25.4. The van der Waals surface area contributed by atoms with Crippen molar-refractivity contribution in [2.75, 3.05) is 5.75 Å². The zero-order chi connectivity index (χ0) is 10.6. The van der Waals surface area contributed by atoms with Crippen molar-refractivity contribution in [2.45, 2.75) is 26.3 Å². The molecule has 14 heavy (non-hydrogen) atoms. The van der Waals surface area contributed by atoms with E-state index in [1.54, 1.807) is 13.1 Å². The summed E-state index contributed by atoms with van der Waals surface area (Å²) in [5, 5.41) is 2.63. The average Bonchev–Trinajstić information content (AvgIpc) is 2.53. The average molecular weight is 234 g/mol. The zero-order valence-corrected chi connectivity index (χ0v) is 9.86. The third kappa shape index (κ3) is 3.36. The minimum Gasteiger partial charge on any atom is -0.248 e. The smallest absolute Gasteiger partial charge is 0.212 e. The SMILES string of the molecule is CCCS(=O)(=O)NC(C)c1nccs1. The Bertz CT molecular complexity index is 359. The van der Waals surface area contributed by atoms with Crippen LogP contribution in [0.15, 0.2) is 11.6 Å². The molecule has 1 aromatic rings. The van der Waals surface area contributed by atoms with Gasteiger partial charge in [-0.15, -0.1) is 11.3 Å². The zero-order valence-electron chi connectivity index (χ0n) is 8.23. The Hall–Kier alpha value is -0.460. The molecule has 1 heterocycles. The van der Waals surface area contributed by atoms with Crippen LogP contribution in [0.2, 0.25) is 0 Å². The monoisotopic (exact) mass is 234 g/mol. The topological polar surface area (TPSA) is 59.1 Å². The third-order valence-electron chi connectivity index (χ3n) is 1.65. The van der Waals surface area contributed by atoms with Crippen LogP contribution in [0.4, 0.5) is 0 Å². The standard InChI is InChI=1S/C8H14N2O2S2/c1-3-6-14(11,12)10-7(2)8-9-4-5-13-8/h4-5,7,10H,3,6H2,1-2H3. The number of sulfonamides is 1. The molecule has 0 radical (unpaired) electrons. The van der Waals surface area contributed by atoms with Crippen molar-refractivity contribution in [3.8, 4) is 0 Å². The molecule has 1 aromatic heterocycles. The Labute approximate surface area is 88.4 Å². The molecule has 0 amide bonds. The highest BCUT2D eigenvalue weighted by molar-refractivity contribution is 7.89. The second kappa shape index (κ2) is 4.86. The van der Waals surface area contributed by atoms with Crippen LogP contribution in [-0.2, 0) is 10.0 Å². The van der Waals surface area contributed by atoms with Crippen molar-refractivity contribution < 1.29 is 8.42 Å². The molecule has 6 heteroatoms. The first-order valence-corrected chi connectivity index (χ1v) is 6.97. The van der Waals surface area contributed by atoms with Gasteiger partial charge in [0.15, 0.2) is 0 Å². The van der Waals surface area contributed by atoms with Crippen LogP contribution in [0.1, 0.15) is 31.3 Å². The van der Waals surface area contributed by atoms with Crippen LogP contribution < -0.4 is 4.72 Å². The van der Waals surface area contributed by atoms with Crippen LogP contribution in [0.3, 0.4) is 0 Å². The molecule has 80 valence electrons. The number of rotatable bonds is 5. The van der Waals surface area contributed by atoms with Crippen LogP contribution in [0.5, 0.6) is 0 Å². The fourth-order valence-electron chi connectivity index (χ4n) is 1.10. The number of nitrogens with zero attached hydrogens (tertiary/aromatic N) is 1. The summed E-state index contributed by atoms with van der Waals surface area (Å²) in [6.07, 6.45) is 2.30. The summed E-state index contributed by atoms with van der Waals surface area (Å²) in [5.74, 6) is 0.169. The molecule has 0 spiro atoms. The Morgan fingerprint density at radius 3 is 2.86 bits per heavy atom. The van der Waals surface area contributed by atoms with Gasteiger partial charge in [-0.25, -0.2) is 18.1 Å². The van der Waals surface area contributed by atoms with Crippen LogP contribution in [-0.4, -0.2) is 19.2 Å². The number of thiazole rings is 1. The Morgan fingerprint density at radius 1 is 1.64 bits per heavy atom. The Kier molecular flexibility index (Phi) is 4.03. The van der Waals surface area contributed by atoms with Crippen molar-refractivity contribution in [3.05, 3.63) is 16.6 Å². The highest BCUT2D eigenvalue weighted by Gasteiger charge is 2.15. The molecule has 0 aliphatic carbocycles. The van der Waals surface area contributed by atoms with E-state index >= 15 is 0 Å². The minimum atomic E-state index is -3.14. The lowest BCUT2D eigenvalue weighted by molar-refractivity contribution is 0.565. The molecule has 1 atom stereocenters. The van der Waals surface area contributed by atoms with Crippen molar-refractivity contribution >= 4 is 21.4 Å². The van der Waals surface area contributed by atoms with Crippen LogP contribution in [0, 0.1) is 0 Å². The van der Waals surface area contributed by atoms with Gasteiger partial charge in [0.25, 0.3) is 0 Å². The molecule has 0 aromatic carbocycles. The van der Waals surface area contributed by atoms with E-state index in [1.807, 2.05) is 12.3 Å². The minimum absolute atomic E-state index is 0.169. The third-order valence-corrected chi connectivity index (χ3v) is 4.27. The van der Waals surface area contributed by atoms with E-state index in [-0.39, 0.29) is 11.8 Å². The Balaban J connectivity index is 2.61. The summed E-state index contributed by atoms with van der Waals surface area (Å²) in [6.45, 7) is 3.64. The predicted octanol–water partition coefficient (Wildman–Crippen LogP) is 1.53. The lowest BCUT2D eigenvalue weighted by atomic mass is 10.4. The molecule has 0 saturated carbocycles. The normalized spacial score (nSPS) is 14.1. The number of aromatic nitrogens is 1. The number of nitrogens with one attached hydrogen (secondary N) is 1.